The highest BCUT2D eigenvalue weighted by Gasteiger charge is 2.18. The molecule has 0 bridgehead atoms. The lowest BCUT2D eigenvalue weighted by atomic mass is 9.98. The van der Waals surface area contributed by atoms with Gasteiger partial charge < -0.3 is 9.64 Å². The van der Waals surface area contributed by atoms with E-state index >= 15 is 0 Å². The van der Waals surface area contributed by atoms with Gasteiger partial charge in [-0.3, -0.25) is 9.48 Å². The molecular formula is C20H21N3O2. The monoisotopic (exact) mass is 335 g/mol. The van der Waals surface area contributed by atoms with Crippen molar-refractivity contribution in [2.24, 2.45) is 7.05 Å². The van der Waals surface area contributed by atoms with Crippen molar-refractivity contribution in [3.63, 3.8) is 0 Å². The van der Waals surface area contributed by atoms with Gasteiger partial charge in [-0.05, 0) is 17.7 Å². The summed E-state index contributed by atoms with van der Waals surface area (Å²) >= 11 is 0. The molecule has 0 fully saturated rings. The maximum absolute atomic E-state index is 13.0. The Morgan fingerprint density at radius 1 is 1.12 bits per heavy atom. The average molecular weight is 335 g/mol. The van der Waals surface area contributed by atoms with Crippen LogP contribution in [-0.2, 0) is 13.6 Å². The van der Waals surface area contributed by atoms with Gasteiger partial charge in [0.15, 0.2) is 0 Å². The fourth-order valence-corrected chi connectivity index (χ4v) is 2.88. The van der Waals surface area contributed by atoms with Crippen molar-refractivity contribution in [1.29, 1.82) is 0 Å². The van der Waals surface area contributed by atoms with E-state index in [4.69, 9.17) is 4.74 Å². The van der Waals surface area contributed by atoms with Crippen LogP contribution in [0.15, 0.2) is 60.9 Å². The summed E-state index contributed by atoms with van der Waals surface area (Å²) in [7, 11) is 5.30. The van der Waals surface area contributed by atoms with Gasteiger partial charge in [0.2, 0.25) is 0 Å². The molecule has 0 atom stereocenters. The van der Waals surface area contributed by atoms with Crippen molar-refractivity contribution in [3.05, 3.63) is 72.1 Å². The van der Waals surface area contributed by atoms with Crippen LogP contribution in [0.1, 0.15) is 15.9 Å². The Balaban J connectivity index is 1.93. The molecule has 3 rings (SSSR count). The summed E-state index contributed by atoms with van der Waals surface area (Å²) in [6.45, 7) is 0.507. The number of para-hydroxylation sites is 1. The number of benzene rings is 2. The molecule has 1 amide bonds. The number of aryl methyl sites for hydroxylation is 1. The van der Waals surface area contributed by atoms with Gasteiger partial charge in [-0.1, -0.05) is 36.4 Å². The van der Waals surface area contributed by atoms with Crippen molar-refractivity contribution < 1.29 is 9.53 Å². The van der Waals surface area contributed by atoms with Crippen molar-refractivity contribution in [2.45, 2.75) is 6.54 Å². The van der Waals surface area contributed by atoms with Crippen LogP contribution in [0.3, 0.4) is 0 Å². The molecule has 0 saturated carbocycles. The summed E-state index contributed by atoms with van der Waals surface area (Å²) < 4.78 is 7.19. The van der Waals surface area contributed by atoms with Crippen LogP contribution in [0, 0.1) is 0 Å². The maximum Gasteiger partial charge on any atom is 0.254 e. The first kappa shape index (κ1) is 16.8. The first-order valence-corrected chi connectivity index (χ1v) is 8.05. The standard InChI is InChI=1S/C20H21N3O2/c1-22(13-15-12-21-23(2)14-15)20(24)18-10-5-4-8-16(18)17-9-6-7-11-19(17)25-3/h4-12,14H,13H2,1-3H3. The van der Waals surface area contributed by atoms with Gasteiger partial charge >= 0.3 is 0 Å². The smallest absolute Gasteiger partial charge is 0.254 e. The van der Waals surface area contributed by atoms with Gasteiger partial charge in [-0.2, -0.15) is 5.10 Å². The van der Waals surface area contributed by atoms with E-state index < -0.39 is 0 Å². The Morgan fingerprint density at radius 3 is 2.48 bits per heavy atom. The molecule has 0 N–H and O–H groups in total. The Bertz CT molecular complexity index is 886. The zero-order chi connectivity index (χ0) is 17.8. The molecule has 1 aromatic heterocycles. The van der Waals surface area contributed by atoms with E-state index in [1.807, 2.05) is 61.8 Å². The van der Waals surface area contributed by atoms with Crippen molar-refractivity contribution >= 4 is 5.91 Å². The summed E-state index contributed by atoms with van der Waals surface area (Å²) in [5.41, 5.74) is 3.42. The third kappa shape index (κ3) is 3.55. The first-order valence-electron chi connectivity index (χ1n) is 8.05. The van der Waals surface area contributed by atoms with Crippen molar-refractivity contribution in [3.8, 4) is 16.9 Å². The molecule has 0 aliphatic rings. The lowest BCUT2D eigenvalue weighted by molar-refractivity contribution is 0.0786. The highest BCUT2D eigenvalue weighted by molar-refractivity contribution is 6.01. The summed E-state index contributed by atoms with van der Waals surface area (Å²) in [5.74, 6) is 0.711. The van der Waals surface area contributed by atoms with Crippen molar-refractivity contribution in [1.82, 2.24) is 14.7 Å². The van der Waals surface area contributed by atoms with Gasteiger partial charge in [0.05, 0.1) is 13.3 Å². The van der Waals surface area contributed by atoms with Crippen LogP contribution >= 0.6 is 0 Å². The van der Waals surface area contributed by atoms with E-state index in [0.717, 1.165) is 22.4 Å². The van der Waals surface area contributed by atoms with Crippen LogP contribution in [0.25, 0.3) is 11.1 Å². The molecule has 0 saturated heterocycles. The number of carbonyl (C=O) groups is 1. The molecule has 0 unspecified atom stereocenters. The van der Waals surface area contributed by atoms with Crippen LogP contribution < -0.4 is 4.74 Å². The number of amides is 1. The minimum atomic E-state index is -0.0367. The predicted octanol–water partition coefficient (Wildman–Crippen LogP) is 3.37. The first-order chi connectivity index (χ1) is 12.1. The average Bonchev–Trinajstić information content (AvgIpc) is 3.05. The molecule has 5 heteroatoms. The number of hydrogen-bond donors (Lipinski definition) is 0. The molecule has 1 heterocycles. The highest BCUT2D eigenvalue weighted by atomic mass is 16.5. The summed E-state index contributed by atoms with van der Waals surface area (Å²) in [6.07, 6.45) is 3.69. The summed E-state index contributed by atoms with van der Waals surface area (Å²) in [5, 5.41) is 4.15. The number of ether oxygens (including phenoxy) is 1. The maximum atomic E-state index is 13.0. The Labute approximate surface area is 147 Å². The molecule has 5 nitrogen and oxygen atoms in total. The fourth-order valence-electron chi connectivity index (χ4n) is 2.88. The number of carbonyl (C=O) groups excluding carboxylic acids is 1. The minimum absolute atomic E-state index is 0.0367. The van der Waals surface area contributed by atoms with Gasteiger partial charge in [-0.25, -0.2) is 0 Å². The van der Waals surface area contributed by atoms with E-state index in [9.17, 15) is 4.79 Å². The molecule has 128 valence electrons. The SMILES string of the molecule is COc1ccccc1-c1ccccc1C(=O)N(C)Cc1cnn(C)c1. The number of nitrogens with zero attached hydrogens (tertiary/aromatic N) is 3. The molecule has 0 spiro atoms. The molecule has 3 aromatic rings. The second-order valence-electron chi connectivity index (χ2n) is 5.93. The lowest BCUT2D eigenvalue weighted by Crippen LogP contribution is -2.26. The van der Waals surface area contributed by atoms with Gasteiger partial charge in [0.25, 0.3) is 5.91 Å². The molecule has 25 heavy (non-hydrogen) atoms. The van der Waals surface area contributed by atoms with E-state index in [2.05, 4.69) is 5.10 Å². The van der Waals surface area contributed by atoms with Crippen LogP contribution in [-0.4, -0.2) is 34.7 Å². The minimum Gasteiger partial charge on any atom is -0.496 e. The third-order valence-corrected chi connectivity index (χ3v) is 4.08. The molecule has 0 aliphatic heterocycles. The normalized spacial score (nSPS) is 10.5. The van der Waals surface area contributed by atoms with Gasteiger partial charge in [0, 0.05) is 43.5 Å². The van der Waals surface area contributed by atoms with Gasteiger partial charge in [-0.15, -0.1) is 0 Å². The number of rotatable bonds is 5. The Hall–Kier alpha value is -3.08. The quantitative estimate of drug-likeness (QED) is 0.718. The summed E-state index contributed by atoms with van der Waals surface area (Å²) in [6, 6.07) is 15.3. The van der Waals surface area contributed by atoms with E-state index in [-0.39, 0.29) is 5.91 Å². The van der Waals surface area contributed by atoms with Crippen molar-refractivity contribution in [2.75, 3.05) is 14.2 Å². The lowest BCUT2D eigenvalue weighted by Gasteiger charge is -2.19. The third-order valence-electron chi connectivity index (χ3n) is 4.08. The number of methoxy groups -OCH3 is 1. The van der Waals surface area contributed by atoms with Gasteiger partial charge in [0.1, 0.15) is 5.75 Å². The van der Waals surface area contributed by atoms with Crippen LogP contribution in [0.2, 0.25) is 0 Å². The topological polar surface area (TPSA) is 47.4 Å². The summed E-state index contributed by atoms with van der Waals surface area (Å²) in [4.78, 5) is 14.7. The second kappa shape index (κ2) is 7.21. The molecule has 0 aliphatic carbocycles. The predicted molar refractivity (Wildman–Crippen MR) is 97.4 cm³/mol. The highest BCUT2D eigenvalue weighted by Crippen LogP contribution is 2.32. The number of hydrogen-bond acceptors (Lipinski definition) is 3. The number of aromatic nitrogens is 2. The Morgan fingerprint density at radius 2 is 1.80 bits per heavy atom. The van der Waals surface area contributed by atoms with Crippen LogP contribution in [0.4, 0.5) is 0 Å². The largest absolute Gasteiger partial charge is 0.496 e. The zero-order valence-corrected chi connectivity index (χ0v) is 14.6. The molecule has 2 aromatic carbocycles. The van der Waals surface area contributed by atoms with Crippen LogP contribution in [0.5, 0.6) is 5.75 Å². The molecule has 0 radical (unpaired) electrons. The Kier molecular flexibility index (Phi) is 4.84. The zero-order valence-electron chi connectivity index (χ0n) is 14.6. The second-order valence-corrected chi connectivity index (χ2v) is 5.93. The fraction of sp³-hybridized carbons (Fsp3) is 0.200. The van der Waals surface area contributed by atoms with E-state index in [1.54, 1.807) is 29.9 Å². The molecular weight excluding hydrogens is 314 g/mol. The van der Waals surface area contributed by atoms with E-state index in [1.165, 1.54) is 0 Å². The van der Waals surface area contributed by atoms with E-state index in [0.29, 0.717) is 12.1 Å².